The minimum Gasteiger partial charge on any atom is -0.481 e. The van der Waals surface area contributed by atoms with E-state index in [1.165, 1.54) is 63.4 Å². The minimum atomic E-state index is 0.180. The molecule has 0 fully saturated rings. The summed E-state index contributed by atoms with van der Waals surface area (Å²) in [6.07, 6.45) is 11.6. The third-order valence-corrected chi connectivity index (χ3v) is 5.42. The quantitative estimate of drug-likeness (QED) is 0.332. The fourth-order valence-electron chi connectivity index (χ4n) is 3.30. The number of halogens is 1. The van der Waals surface area contributed by atoms with Crippen LogP contribution < -0.4 is 4.74 Å². The lowest BCUT2D eigenvalue weighted by atomic mass is 9.75. The number of methoxy groups -OCH3 is 1. The molecule has 0 bridgehead atoms. The maximum atomic E-state index is 5.67. The molecule has 1 aromatic rings. The first kappa shape index (κ1) is 19.8. The van der Waals surface area contributed by atoms with Gasteiger partial charge in [0.2, 0.25) is 5.88 Å². The van der Waals surface area contributed by atoms with Gasteiger partial charge in [-0.15, -0.1) is 0 Å². The molecule has 0 N–H and O–H groups in total. The van der Waals surface area contributed by atoms with E-state index in [1.54, 1.807) is 7.11 Å². The Morgan fingerprint density at radius 2 is 1.59 bits per heavy atom. The van der Waals surface area contributed by atoms with Crippen LogP contribution in [0.4, 0.5) is 0 Å². The molecule has 22 heavy (non-hydrogen) atoms. The molecular formula is C18H33IN2O. The van der Waals surface area contributed by atoms with Crippen LogP contribution in [-0.2, 0) is 12.5 Å². The van der Waals surface area contributed by atoms with E-state index in [4.69, 9.17) is 4.74 Å². The Morgan fingerprint density at radius 3 is 2.14 bits per heavy atom. The van der Waals surface area contributed by atoms with Gasteiger partial charge in [0, 0.05) is 12.5 Å². The molecule has 0 saturated carbocycles. The normalized spacial score (nSPS) is 14.1. The van der Waals surface area contributed by atoms with Crippen LogP contribution in [0.1, 0.15) is 84.1 Å². The molecule has 1 heterocycles. The summed E-state index contributed by atoms with van der Waals surface area (Å²) in [5.41, 5.74) is 1.50. The first-order valence-corrected chi connectivity index (χ1v) is 9.85. The highest BCUT2D eigenvalue weighted by molar-refractivity contribution is 14.1. The van der Waals surface area contributed by atoms with Crippen LogP contribution in [0.2, 0.25) is 0 Å². The topological polar surface area (TPSA) is 27.1 Å². The lowest BCUT2D eigenvalue weighted by Gasteiger charge is -2.30. The van der Waals surface area contributed by atoms with Gasteiger partial charge < -0.3 is 4.74 Å². The second-order valence-electron chi connectivity index (χ2n) is 6.63. The van der Waals surface area contributed by atoms with Crippen molar-refractivity contribution < 1.29 is 4.74 Å². The third-order valence-electron chi connectivity index (χ3n) is 4.66. The standard InChI is InChI=1S/C18H33IN2O/c1-6-8-10-12-14-18(3,13-11-9-7-2)15-16(19)20-21(4)17(15)22-5/h6-14H2,1-5H3. The summed E-state index contributed by atoms with van der Waals surface area (Å²) >= 11 is 2.37. The van der Waals surface area contributed by atoms with Gasteiger partial charge in [0.05, 0.1) is 12.7 Å². The number of rotatable bonds is 11. The van der Waals surface area contributed by atoms with Gasteiger partial charge >= 0.3 is 0 Å². The number of aromatic nitrogens is 2. The summed E-state index contributed by atoms with van der Waals surface area (Å²) in [5, 5.41) is 4.60. The average Bonchev–Trinajstić information content (AvgIpc) is 2.78. The summed E-state index contributed by atoms with van der Waals surface area (Å²) in [4.78, 5) is 0. The molecule has 0 aliphatic carbocycles. The van der Waals surface area contributed by atoms with Crippen LogP contribution in [-0.4, -0.2) is 16.9 Å². The van der Waals surface area contributed by atoms with Crippen molar-refractivity contribution >= 4 is 22.6 Å². The van der Waals surface area contributed by atoms with Gasteiger partial charge in [0.15, 0.2) is 0 Å². The van der Waals surface area contributed by atoms with E-state index >= 15 is 0 Å². The third kappa shape index (κ3) is 5.14. The van der Waals surface area contributed by atoms with Gasteiger partial charge in [-0.1, -0.05) is 65.7 Å². The van der Waals surface area contributed by atoms with Crippen LogP contribution in [0.25, 0.3) is 0 Å². The van der Waals surface area contributed by atoms with Gasteiger partial charge in [-0.05, 0) is 35.4 Å². The highest BCUT2D eigenvalue weighted by Crippen LogP contribution is 2.42. The smallest absolute Gasteiger partial charge is 0.216 e. The predicted octanol–water partition coefficient (Wildman–Crippen LogP) is 5.84. The number of nitrogens with zero attached hydrogens (tertiary/aromatic N) is 2. The van der Waals surface area contributed by atoms with E-state index in [-0.39, 0.29) is 5.41 Å². The SMILES string of the molecule is CCCCCCC(C)(CCCCC)c1c(I)nn(C)c1OC. The van der Waals surface area contributed by atoms with Crippen molar-refractivity contribution in [2.45, 2.75) is 84.0 Å². The molecule has 1 rings (SSSR count). The average molecular weight is 420 g/mol. The van der Waals surface area contributed by atoms with E-state index < -0.39 is 0 Å². The Labute approximate surface area is 150 Å². The molecule has 0 radical (unpaired) electrons. The highest BCUT2D eigenvalue weighted by Gasteiger charge is 2.34. The zero-order valence-corrected chi connectivity index (χ0v) is 17.2. The highest BCUT2D eigenvalue weighted by atomic mass is 127. The fourth-order valence-corrected chi connectivity index (χ4v) is 4.51. The molecule has 3 nitrogen and oxygen atoms in total. The molecular weight excluding hydrogens is 387 g/mol. The summed E-state index contributed by atoms with van der Waals surface area (Å²) < 4.78 is 8.67. The Bertz CT molecular complexity index is 445. The van der Waals surface area contributed by atoms with Gasteiger partial charge in [0.1, 0.15) is 3.70 Å². The second-order valence-corrected chi connectivity index (χ2v) is 7.65. The summed E-state index contributed by atoms with van der Waals surface area (Å²) in [6.45, 7) is 6.96. The number of ether oxygens (including phenoxy) is 1. The van der Waals surface area contributed by atoms with Gasteiger partial charge in [0.25, 0.3) is 0 Å². The van der Waals surface area contributed by atoms with Crippen molar-refractivity contribution in [3.8, 4) is 5.88 Å². The molecule has 0 spiro atoms. The molecule has 0 aromatic carbocycles. The Hall–Kier alpha value is -0.260. The zero-order valence-electron chi connectivity index (χ0n) is 15.0. The lowest BCUT2D eigenvalue weighted by Crippen LogP contribution is -2.23. The molecule has 0 aliphatic rings. The van der Waals surface area contributed by atoms with Crippen molar-refractivity contribution in [2.24, 2.45) is 7.05 Å². The monoisotopic (exact) mass is 420 g/mol. The van der Waals surface area contributed by atoms with Crippen molar-refractivity contribution in [3.05, 3.63) is 9.26 Å². The Balaban J connectivity index is 2.97. The van der Waals surface area contributed by atoms with Crippen molar-refractivity contribution in [1.82, 2.24) is 9.78 Å². The Morgan fingerprint density at radius 1 is 1.05 bits per heavy atom. The molecule has 1 unspecified atom stereocenters. The van der Waals surface area contributed by atoms with E-state index in [0.717, 1.165) is 9.58 Å². The molecule has 0 aliphatic heterocycles. The number of aryl methyl sites for hydroxylation is 1. The second kappa shape index (κ2) is 9.78. The van der Waals surface area contributed by atoms with E-state index in [9.17, 15) is 0 Å². The maximum absolute atomic E-state index is 5.67. The first-order chi connectivity index (χ1) is 10.5. The molecule has 4 heteroatoms. The lowest BCUT2D eigenvalue weighted by molar-refractivity contribution is 0.325. The van der Waals surface area contributed by atoms with E-state index in [1.807, 2.05) is 11.7 Å². The van der Waals surface area contributed by atoms with Crippen molar-refractivity contribution in [1.29, 1.82) is 0 Å². The van der Waals surface area contributed by atoms with Crippen LogP contribution >= 0.6 is 22.6 Å². The Kier molecular flexibility index (Phi) is 8.80. The summed E-state index contributed by atoms with van der Waals surface area (Å²) in [6, 6.07) is 0. The summed E-state index contributed by atoms with van der Waals surface area (Å²) in [7, 11) is 3.74. The van der Waals surface area contributed by atoms with Crippen LogP contribution in [0.15, 0.2) is 0 Å². The molecule has 0 amide bonds. The van der Waals surface area contributed by atoms with Crippen LogP contribution in [0, 0.1) is 3.70 Å². The zero-order chi connectivity index (χ0) is 16.6. The molecule has 0 saturated heterocycles. The summed E-state index contributed by atoms with van der Waals surface area (Å²) in [5.74, 6) is 0.943. The first-order valence-electron chi connectivity index (χ1n) is 8.77. The predicted molar refractivity (Wildman–Crippen MR) is 103 cm³/mol. The van der Waals surface area contributed by atoms with Crippen LogP contribution in [0.3, 0.4) is 0 Å². The van der Waals surface area contributed by atoms with Crippen molar-refractivity contribution in [3.63, 3.8) is 0 Å². The van der Waals surface area contributed by atoms with Gasteiger partial charge in [-0.25, -0.2) is 4.68 Å². The number of hydrogen-bond acceptors (Lipinski definition) is 2. The van der Waals surface area contributed by atoms with E-state index in [2.05, 4.69) is 48.5 Å². The molecule has 1 aromatic heterocycles. The largest absolute Gasteiger partial charge is 0.481 e. The van der Waals surface area contributed by atoms with Gasteiger partial charge in [-0.2, -0.15) is 5.10 Å². The fraction of sp³-hybridized carbons (Fsp3) is 0.833. The molecule has 128 valence electrons. The van der Waals surface area contributed by atoms with Gasteiger partial charge in [-0.3, -0.25) is 0 Å². The van der Waals surface area contributed by atoms with E-state index in [0.29, 0.717) is 0 Å². The van der Waals surface area contributed by atoms with Crippen molar-refractivity contribution in [2.75, 3.05) is 7.11 Å². The molecule has 1 atom stereocenters. The van der Waals surface area contributed by atoms with Crippen LogP contribution in [0.5, 0.6) is 5.88 Å². The minimum absolute atomic E-state index is 0.180. The number of hydrogen-bond donors (Lipinski definition) is 0. The maximum Gasteiger partial charge on any atom is 0.216 e. The number of unbranched alkanes of at least 4 members (excludes halogenated alkanes) is 5.